The van der Waals surface area contributed by atoms with Gasteiger partial charge in [-0.2, -0.15) is 0 Å². The molecule has 24 heavy (non-hydrogen) atoms. The number of aromatic nitrogens is 1. The molecule has 126 valence electrons. The first-order chi connectivity index (χ1) is 11.6. The molecule has 3 aromatic heterocycles. The van der Waals surface area contributed by atoms with Gasteiger partial charge >= 0.3 is 0 Å². The Kier molecular flexibility index (Phi) is 5.48. The molecule has 0 fully saturated rings. The topological polar surface area (TPSA) is 46.3 Å². The van der Waals surface area contributed by atoms with Gasteiger partial charge in [-0.3, -0.25) is 4.79 Å². The van der Waals surface area contributed by atoms with Crippen LogP contribution in [0.3, 0.4) is 0 Å². The molecule has 0 aliphatic heterocycles. The number of hydrogen-bond donors (Lipinski definition) is 0. The highest BCUT2D eigenvalue weighted by Crippen LogP contribution is 2.20. The van der Waals surface area contributed by atoms with Gasteiger partial charge in [-0.15, -0.1) is 22.7 Å². The molecule has 0 saturated heterocycles. The largest absolute Gasteiger partial charge is 0.361 e. The zero-order valence-corrected chi connectivity index (χ0v) is 15.5. The molecule has 0 spiro atoms. The second-order valence-electron chi connectivity index (χ2n) is 5.71. The first kappa shape index (κ1) is 16.9. The smallest absolute Gasteiger partial charge is 0.223 e. The minimum atomic E-state index is 0.164. The summed E-state index contributed by atoms with van der Waals surface area (Å²) in [5, 5.41) is 8.06. The molecule has 6 heteroatoms. The second kappa shape index (κ2) is 7.77. The van der Waals surface area contributed by atoms with E-state index < -0.39 is 0 Å². The van der Waals surface area contributed by atoms with Crippen molar-refractivity contribution in [3.63, 3.8) is 0 Å². The molecule has 4 nitrogen and oxygen atoms in total. The lowest BCUT2D eigenvalue weighted by Crippen LogP contribution is -2.29. The van der Waals surface area contributed by atoms with E-state index in [1.165, 1.54) is 9.75 Å². The number of carbonyl (C=O) groups is 1. The van der Waals surface area contributed by atoms with Gasteiger partial charge in [0.2, 0.25) is 5.91 Å². The van der Waals surface area contributed by atoms with E-state index in [9.17, 15) is 4.79 Å². The van der Waals surface area contributed by atoms with Crippen molar-refractivity contribution >= 4 is 28.6 Å². The van der Waals surface area contributed by atoms with Crippen molar-refractivity contribution < 1.29 is 9.32 Å². The summed E-state index contributed by atoms with van der Waals surface area (Å²) < 4.78 is 5.19. The number of aryl methyl sites for hydroxylation is 2. The highest BCUT2D eigenvalue weighted by atomic mass is 32.1. The first-order valence-corrected chi connectivity index (χ1v) is 9.63. The van der Waals surface area contributed by atoms with Gasteiger partial charge in [0.1, 0.15) is 5.76 Å². The molecule has 0 atom stereocenters. The number of thiophene rings is 2. The van der Waals surface area contributed by atoms with Crippen LogP contribution in [0.25, 0.3) is 0 Å². The van der Waals surface area contributed by atoms with Crippen molar-refractivity contribution in [2.45, 2.75) is 39.8 Å². The third kappa shape index (κ3) is 4.13. The van der Waals surface area contributed by atoms with Gasteiger partial charge in [0.05, 0.1) is 18.8 Å². The monoisotopic (exact) mass is 360 g/mol. The van der Waals surface area contributed by atoms with E-state index in [-0.39, 0.29) is 5.91 Å². The Hall–Kier alpha value is -1.92. The summed E-state index contributed by atoms with van der Waals surface area (Å²) in [6.07, 6.45) is 1.14. The van der Waals surface area contributed by atoms with Gasteiger partial charge in [-0.25, -0.2) is 0 Å². The SMILES string of the molecule is Cc1noc(C)c1CCC(=O)N(Cc1cccs1)Cc1cccs1. The molecule has 0 unspecified atom stereocenters. The number of rotatable bonds is 7. The van der Waals surface area contributed by atoms with Crippen LogP contribution in [0.5, 0.6) is 0 Å². The number of hydrogen-bond acceptors (Lipinski definition) is 5. The lowest BCUT2D eigenvalue weighted by atomic mass is 10.1. The Morgan fingerprint density at radius 2 is 1.75 bits per heavy atom. The molecule has 0 saturated carbocycles. The van der Waals surface area contributed by atoms with Crippen molar-refractivity contribution in [2.24, 2.45) is 0 Å². The first-order valence-electron chi connectivity index (χ1n) is 7.88. The van der Waals surface area contributed by atoms with Crippen molar-refractivity contribution in [1.29, 1.82) is 0 Å². The Bertz CT molecular complexity index is 720. The number of amides is 1. The average Bonchev–Trinajstić information content (AvgIpc) is 3.30. The minimum absolute atomic E-state index is 0.164. The predicted octanol–water partition coefficient (Wildman–Crippen LogP) is 4.58. The molecule has 3 rings (SSSR count). The average molecular weight is 361 g/mol. The van der Waals surface area contributed by atoms with Gasteiger partial charge in [0, 0.05) is 21.7 Å². The van der Waals surface area contributed by atoms with Crippen molar-refractivity contribution in [1.82, 2.24) is 10.1 Å². The van der Waals surface area contributed by atoms with Crippen LogP contribution in [0.15, 0.2) is 39.5 Å². The lowest BCUT2D eigenvalue weighted by Gasteiger charge is -2.21. The van der Waals surface area contributed by atoms with Crippen LogP contribution < -0.4 is 0 Å². The summed E-state index contributed by atoms with van der Waals surface area (Å²) in [6.45, 7) is 5.15. The van der Waals surface area contributed by atoms with Crippen LogP contribution >= 0.6 is 22.7 Å². The molecule has 0 aliphatic rings. The molecule has 0 radical (unpaired) electrons. The summed E-state index contributed by atoms with van der Waals surface area (Å²) in [6, 6.07) is 8.21. The second-order valence-corrected chi connectivity index (χ2v) is 7.78. The third-order valence-corrected chi connectivity index (χ3v) is 5.70. The van der Waals surface area contributed by atoms with Crippen LogP contribution in [-0.2, 0) is 24.3 Å². The maximum absolute atomic E-state index is 12.8. The van der Waals surface area contributed by atoms with Crippen LogP contribution in [0, 0.1) is 13.8 Å². The molecule has 3 heterocycles. The Morgan fingerprint density at radius 1 is 1.12 bits per heavy atom. The zero-order chi connectivity index (χ0) is 16.9. The third-order valence-electron chi connectivity index (χ3n) is 3.98. The summed E-state index contributed by atoms with van der Waals surface area (Å²) >= 11 is 3.37. The maximum Gasteiger partial charge on any atom is 0.223 e. The highest BCUT2D eigenvalue weighted by molar-refractivity contribution is 7.10. The van der Waals surface area contributed by atoms with Gasteiger partial charge < -0.3 is 9.42 Å². The van der Waals surface area contributed by atoms with E-state index in [4.69, 9.17) is 4.52 Å². The van der Waals surface area contributed by atoms with Crippen molar-refractivity contribution in [2.75, 3.05) is 0 Å². The van der Waals surface area contributed by atoms with Crippen LogP contribution in [-0.4, -0.2) is 16.0 Å². The van der Waals surface area contributed by atoms with Gasteiger partial charge in [0.25, 0.3) is 0 Å². The summed E-state index contributed by atoms with van der Waals surface area (Å²) in [4.78, 5) is 17.1. The van der Waals surface area contributed by atoms with Gasteiger partial charge in [-0.1, -0.05) is 17.3 Å². The number of nitrogens with zero attached hydrogens (tertiary/aromatic N) is 2. The summed E-state index contributed by atoms with van der Waals surface area (Å²) in [5.41, 5.74) is 1.93. The molecule has 0 N–H and O–H groups in total. The van der Waals surface area contributed by atoms with Gasteiger partial charge in [-0.05, 0) is 43.2 Å². The molecule has 1 amide bonds. The summed E-state index contributed by atoms with van der Waals surface area (Å²) in [5.74, 6) is 0.972. The Balaban J connectivity index is 1.68. The highest BCUT2D eigenvalue weighted by Gasteiger charge is 2.18. The van der Waals surface area contributed by atoms with Gasteiger partial charge in [0.15, 0.2) is 0 Å². The fourth-order valence-electron chi connectivity index (χ4n) is 2.66. The van der Waals surface area contributed by atoms with E-state index >= 15 is 0 Å². The van der Waals surface area contributed by atoms with Crippen molar-refractivity contribution in [3.8, 4) is 0 Å². The Morgan fingerprint density at radius 3 is 2.21 bits per heavy atom. The van der Waals surface area contributed by atoms with E-state index in [0.29, 0.717) is 25.9 Å². The zero-order valence-electron chi connectivity index (χ0n) is 13.8. The van der Waals surface area contributed by atoms with E-state index in [1.807, 2.05) is 41.6 Å². The lowest BCUT2D eigenvalue weighted by molar-refractivity contribution is -0.132. The molecule has 3 aromatic rings. The molecular formula is C18H20N2O2S2. The van der Waals surface area contributed by atoms with E-state index in [0.717, 1.165) is 17.0 Å². The predicted molar refractivity (Wildman–Crippen MR) is 97.2 cm³/mol. The Labute approximate surface area is 149 Å². The van der Waals surface area contributed by atoms with Crippen LogP contribution in [0.2, 0.25) is 0 Å². The number of carbonyl (C=O) groups excluding carboxylic acids is 1. The fraction of sp³-hybridized carbons (Fsp3) is 0.333. The molecule has 0 aliphatic carbocycles. The van der Waals surface area contributed by atoms with Crippen LogP contribution in [0.1, 0.15) is 33.2 Å². The van der Waals surface area contributed by atoms with Crippen LogP contribution in [0.4, 0.5) is 0 Å². The fourth-order valence-corrected chi connectivity index (χ4v) is 4.10. The van der Waals surface area contributed by atoms with E-state index in [2.05, 4.69) is 17.3 Å². The normalized spacial score (nSPS) is 10.9. The maximum atomic E-state index is 12.8. The van der Waals surface area contributed by atoms with E-state index in [1.54, 1.807) is 22.7 Å². The molecule has 0 bridgehead atoms. The summed E-state index contributed by atoms with van der Waals surface area (Å²) in [7, 11) is 0. The van der Waals surface area contributed by atoms with Crippen molar-refractivity contribution in [3.05, 3.63) is 61.8 Å². The standard InChI is InChI=1S/C18H20N2O2S2/c1-13-17(14(2)22-19-13)7-8-18(21)20(11-15-5-3-9-23-15)12-16-6-4-10-24-16/h3-6,9-10H,7-8,11-12H2,1-2H3. The quantitative estimate of drug-likeness (QED) is 0.620. The molecule has 0 aromatic carbocycles. The minimum Gasteiger partial charge on any atom is -0.361 e. The molecular weight excluding hydrogens is 340 g/mol.